The molecule has 2 aliphatic rings. The van der Waals surface area contributed by atoms with E-state index in [1.54, 1.807) is 7.11 Å². The predicted molar refractivity (Wildman–Crippen MR) is 113 cm³/mol. The van der Waals surface area contributed by atoms with Crippen molar-refractivity contribution < 1.29 is 9.53 Å². The summed E-state index contributed by atoms with van der Waals surface area (Å²) in [5.74, 6) is 0.862. The second-order valence-electron chi connectivity index (χ2n) is 7.62. The van der Waals surface area contributed by atoms with Crippen molar-refractivity contribution in [2.75, 3.05) is 44.7 Å². The van der Waals surface area contributed by atoms with Gasteiger partial charge in [0.05, 0.1) is 7.11 Å². The van der Waals surface area contributed by atoms with Crippen molar-refractivity contribution in [3.63, 3.8) is 0 Å². The van der Waals surface area contributed by atoms with Crippen molar-refractivity contribution in [2.45, 2.75) is 18.3 Å². The van der Waals surface area contributed by atoms with Gasteiger partial charge in [-0.15, -0.1) is 0 Å². The lowest BCUT2D eigenvalue weighted by molar-refractivity contribution is 0.193. The number of ether oxygens (including phenoxy) is 1. The van der Waals surface area contributed by atoms with E-state index >= 15 is 0 Å². The molecule has 2 amide bonds. The highest BCUT2D eigenvalue weighted by Crippen LogP contribution is 2.47. The highest BCUT2D eigenvalue weighted by atomic mass is 35.5. The molecule has 0 spiro atoms. The van der Waals surface area contributed by atoms with Gasteiger partial charge in [0, 0.05) is 48.8 Å². The first-order chi connectivity index (χ1) is 13.6. The first-order valence-corrected chi connectivity index (χ1v) is 10.2. The molecule has 2 aromatic rings. The van der Waals surface area contributed by atoms with E-state index in [0.717, 1.165) is 42.4 Å². The van der Waals surface area contributed by atoms with Gasteiger partial charge in [-0.25, -0.2) is 4.79 Å². The number of amides is 2. The molecule has 28 heavy (non-hydrogen) atoms. The SMILES string of the molecule is COc1ccc(C2(CNC(=O)N3CCN(c4cccc(Cl)c4)CC3)CC2)cc1. The van der Waals surface area contributed by atoms with Crippen LogP contribution in [0, 0.1) is 0 Å². The van der Waals surface area contributed by atoms with Crippen LogP contribution < -0.4 is 15.0 Å². The number of rotatable bonds is 5. The highest BCUT2D eigenvalue weighted by Gasteiger charge is 2.44. The van der Waals surface area contributed by atoms with Gasteiger partial charge in [-0.1, -0.05) is 29.8 Å². The first kappa shape index (κ1) is 18.9. The smallest absolute Gasteiger partial charge is 0.317 e. The Bertz CT molecular complexity index is 828. The standard InChI is InChI=1S/C22H26ClN3O2/c1-28-20-7-5-17(6-8-20)22(9-10-22)16-24-21(27)26-13-11-25(12-14-26)19-4-2-3-18(23)15-19/h2-8,15H,9-14,16H2,1H3,(H,24,27). The molecule has 1 saturated heterocycles. The van der Waals surface area contributed by atoms with Crippen molar-refractivity contribution in [3.05, 3.63) is 59.1 Å². The predicted octanol–water partition coefficient (Wildman–Crippen LogP) is 3.91. The van der Waals surface area contributed by atoms with Crippen LogP contribution in [0.25, 0.3) is 0 Å². The fourth-order valence-electron chi connectivity index (χ4n) is 3.86. The van der Waals surface area contributed by atoms with Crippen LogP contribution in [0.4, 0.5) is 10.5 Å². The summed E-state index contributed by atoms with van der Waals surface area (Å²) in [4.78, 5) is 16.8. The fourth-order valence-corrected chi connectivity index (χ4v) is 4.04. The molecule has 0 aromatic heterocycles. The number of urea groups is 1. The minimum Gasteiger partial charge on any atom is -0.497 e. The van der Waals surface area contributed by atoms with Crippen LogP contribution in [0.1, 0.15) is 18.4 Å². The number of piperazine rings is 1. The van der Waals surface area contributed by atoms with Crippen LogP contribution >= 0.6 is 11.6 Å². The molecular formula is C22H26ClN3O2. The summed E-state index contributed by atoms with van der Waals surface area (Å²) < 4.78 is 5.24. The summed E-state index contributed by atoms with van der Waals surface area (Å²) in [6.07, 6.45) is 2.23. The Morgan fingerprint density at radius 1 is 1.11 bits per heavy atom. The molecule has 1 aliphatic carbocycles. The summed E-state index contributed by atoms with van der Waals surface area (Å²) >= 11 is 6.09. The summed E-state index contributed by atoms with van der Waals surface area (Å²) in [6.45, 7) is 3.75. The van der Waals surface area contributed by atoms with E-state index in [9.17, 15) is 4.79 Å². The first-order valence-electron chi connectivity index (χ1n) is 9.77. The van der Waals surface area contributed by atoms with E-state index in [2.05, 4.69) is 28.4 Å². The maximum absolute atomic E-state index is 12.7. The van der Waals surface area contributed by atoms with Gasteiger partial charge >= 0.3 is 6.03 Å². The van der Waals surface area contributed by atoms with E-state index in [1.807, 2.05) is 35.2 Å². The molecule has 0 bridgehead atoms. The summed E-state index contributed by atoms with van der Waals surface area (Å²) in [5.41, 5.74) is 2.48. The Morgan fingerprint density at radius 3 is 2.43 bits per heavy atom. The average Bonchev–Trinajstić information content (AvgIpc) is 3.53. The van der Waals surface area contributed by atoms with E-state index in [1.165, 1.54) is 5.56 Å². The van der Waals surface area contributed by atoms with E-state index in [4.69, 9.17) is 16.3 Å². The minimum absolute atomic E-state index is 0.0329. The zero-order valence-electron chi connectivity index (χ0n) is 16.2. The molecule has 148 valence electrons. The molecule has 5 nitrogen and oxygen atoms in total. The molecule has 0 radical (unpaired) electrons. The van der Waals surface area contributed by atoms with Gasteiger partial charge in [-0.05, 0) is 48.7 Å². The lowest BCUT2D eigenvalue weighted by atomic mass is 9.96. The lowest BCUT2D eigenvalue weighted by Crippen LogP contribution is -2.52. The van der Waals surface area contributed by atoms with Crippen LogP contribution in [0.3, 0.4) is 0 Å². The number of carbonyl (C=O) groups excluding carboxylic acids is 1. The van der Waals surface area contributed by atoms with Gasteiger partial charge in [0.1, 0.15) is 5.75 Å². The number of anilines is 1. The maximum atomic E-state index is 12.7. The lowest BCUT2D eigenvalue weighted by Gasteiger charge is -2.36. The van der Waals surface area contributed by atoms with Crippen LogP contribution in [-0.2, 0) is 5.41 Å². The minimum atomic E-state index is 0.0329. The summed E-state index contributed by atoms with van der Waals surface area (Å²) in [6, 6.07) is 16.1. The molecule has 6 heteroatoms. The molecule has 0 atom stereocenters. The summed E-state index contributed by atoms with van der Waals surface area (Å²) in [7, 11) is 1.67. The number of methoxy groups -OCH3 is 1. The Kier molecular flexibility index (Phi) is 5.36. The van der Waals surface area contributed by atoms with Crippen LogP contribution in [-0.4, -0.2) is 50.8 Å². The normalized spacial score (nSPS) is 17.9. The van der Waals surface area contributed by atoms with Crippen LogP contribution in [0.15, 0.2) is 48.5 Å². The number of nitrogens with zero attached hydrogens (tertiary/aromatic N) is 2. The number of nitrogens with one attached hydrogen (secondary N) is 1. The third-order valence-corrected chi connectivity index (χ3v) is 6.11. The quantitative estimate of drug-likeness (QED) is 0.829. The van der Waals surface area contributed by atoms with Gasteiger partial charge in [-0.2, -0.15) is 0 Å². The van der Waals surface area contributed by atoms with Gasteiger partial charge in [0.15, 0.2) is 0 Å². The fraction of sp³-hybridized carbons (Fsp3) is 0.409. The second-order valence-corrected chi connectivity index (χ2v) is 8.06. The molecule has 2 aromatic carbocycles. The largest absolute Gasteiger partial charge is 0.497 e. The number of hydrogen-bond donors (Lipinski definition) is 1. The molecule has 0 unspecified atom stereocenters. The zero-order chi connectivity index (χ0) is 19.6. The Morgan fingerprint density at radius 2 is 1.82 bits per heavy atom. The highest BCUT2D eigenvalue weighted by molar-refractivity contribution is 6.30. The van der Waals surface area contributed by atoms with Gasteiger partial charge in [0.25, 0.3) is 0 Å². The number of carbonyl (C=O) groups is 1. The van der Waals surface area contributed by atoms with Crippen LogP contribution in [0.2, 0.25) is 5.02 Å². The van der Waals surface area contributed by atoms with Crippen molar-refractivity contribution >= 4 is 23.3 Å². The Balaban J connectivity index is 1.29. The molecule has 2 fully saturated rings. The van der Waals surface area contributed by atoms with Crippen molar-refractivity contribution in [1.82, 2.24) is 10.2 Å². The second kappa shape index (κ2) is 7.92. The van der Waals surface area contributed by atoms with Gasteiger partial charge < -0.3 is 19.9 Å². The van der Waals surface area contributed by atoms with E-state index in [-0.39, 0.29) is 11.4 Å². The van der Waals surface area contributed by atoms with Gasteiger partial charge in [-0.3, -0.25) is 0 Å². The van der Waals surface area contributed by atoms with Gasteiger partial charge in [0.2, 0.25) is 0 Å². The monoisotopic (exact) mass is 399 g/mol. The van der Waals surface area contributed by atoms with E-state index < -0.39 is 0 Å². The van der Waals surface area contributed by atoms with Crippen molar-refractivity contribution in [3.8, 4) is 5.75 Å². The van der Waals surface area contributed by atoms with Crippen molar-refractivity contribution in [2.24, 2.45) is 0 Å². The number of hydrogen-bond acceptors (Lipinski definition) is 3. The zero-order valence-corrected chi connectivity index (χ0v) is 16.9. The Labute approximate surface area is 171 Å². The number of benzene rings is 2. The topological polar surface area (TPSA) is 44.8 Å². The number of halogens is 1. The molecule has 1 saturated carbocycles. The third-order valence-electron chi connectivity index (χ3n) is 5.87. The van der Waals surface area contributed by atoms with Crippen molar-refractivity contribution in [1.29, 1.82) is 0 Å². The molecule has 1 aliphatic heterocycles. The third kappa shape index (κ3) is 4.04. The average molecular weight is 400 g/mol. The Hall–Kier alpha value is -2.40. The molecule has 1 N–H and O–H groups in total. The van der Waals surface area contributed by atoms with E-state index in [0.29, 0.717) is 19.6 Å². The molecule has 1 heterocycles. The van der Waals surface area contributed by atoms with Crippen LogP contribution in [0.5, 0.6) is 5.75 Å². The maximum Gasteiger partial charge on any atom is 0.317 e. The summed E-state index contributed by atoms with van der Waals surface area (Å²) in [5, 5.41) is 3.90. The molecule has 4 rings (SSSR count). The molecular weight excluding hydrogens is 374 g/mol.